The van der Waals surface area contributed by atoms with E-state index < -0.39 is 5.97 Å². The van der Waals surface area contributed by atoms with E-state index >= 15 is 0 Å². The molecule has 1 fully saturated rings. The SMILES string of the molecule is CCN(CC(=O)O)C1CC(NC(=O)COc2ccccc2Br)C1. The minimum absolute atomic E-state index is 0.0314. The van der Waals surface area contributed by atoms with Gasteiger partial charge in [0.25, 0.3) is 5.91 Å². The lowest BCUT2D eigenvalue weighted by atomic mass is 9.85. The molecule has 2 N–H and O–H groups in total. The van der Waals surface area contributed by atoms with Gasteiger partial charge in [0.1, 0.15) is 5.75 Å². The van der Waals surface area contributed by atoms with Crippen LogP contribution in [0.15, 0.2) is 28.7 Å². The van der Waals surface area contributed by atoms with Gasteiger partial charge in [-0.05, 0) is 47.4 Å². The minimum Gasteiger partial charge on any atom is -0.483 e. The van der Waals surface area contributed by atoms with E-state index in [9.17, 15) is 9.59 Å². The molecule has 0 unspecified atom stereocenters. The van der Waals surface area contributed by atoms with Crippen LogP contribution in [0.1, 0.15) is 19.8 Å². The summed E-state index contributed by atoms with van der Waals surface area (Å²) in [6.07, 6.45) is 1.56. The van der Waals surface area contributed by atoms with E-state index in [-0.39, 0.29) is 31.1 Å². The zero-order valence-electron chi connectivity index (χ0n) is 13.0. The van der Waals surface area contributed by atoms with E-state index in [1.54, 1.807) is 6.07 Å². The Morgan fingerprint density at radius 3 is 2.70 bits per heavy atom. The first-order chi connectivity index (χ1) is 11.0. The van der Waals surface area contributed by atoms with Crippen molar-refractivity contribution in [2.75, 3.05) is 19.7 Å². The molecule has 126 valence electrons. The average molecular weight is 385 g/mol. The minimum atomic E-state index is -0.818. The van der Waals surface area contributed by atoms with Gasteiger partial charge in [-0.1, -0.05) is 19.1 Å². The van der Waals surface area contributed by atoms with Gasteiger partial charge in [-0.15, -0.1) is 0 Å². The highest BCUT2D eigenvalue weighted by Crippen LogP contribution is 2.26. The van der Waals surface area contributed by atoms with Crippen molar-refractivity contribution < 1.29 is 19.4 Å². The Morgan fingerprint density at radius 2 is 2.09 bits per heavy atom. The second-order valence-electron chi connectivity index (χ2n) is 5.57. The van der Waals surface area contributed by atoms with Crippen molar-refractivity contribution in [3.63, 3.8) is 0 Å². The maximum Gasteiger partial charge on any atom is 0.317 e. The number of carbonyl (C=O) groups excluding carboxylic acids is 1. The number of carboxylic acids is 1. The quantitative estimate of drug-likeness (QED) is 0.715. The number of ether oxygens (including phenoxy) is 1. The second-order valence-corrected chi connectivity index (χ2v) is 6.42. The van der Waals surface area contributed by atoms with Crippen molar-refractivity contribution in [3.05, 3.63) is 28.7 Å². The second kappa shape index (κ2) is 8.31. The Morgan fingerprint density at radius 1 is 1.39 bits per heavy atom. The van der Waals surface area contributed by atoms with Crippen LogP contribution in [-0.4, -0.2) is 53.7 Å². The van der Waals surface area contributed by atoms with E-state index in [0.29, 0.717) is 12.3 Å². The number of halogens is 1. The summed E-state index contributed by atoms with van der Waals surface area (Å²) in [5.41, 5.74) is 0. The first-order valence-electron chi connectivity index (χ1n) is 7.62. The number of nitrogens with one attached hydrogen (secondary N) is 1. The summed E-state index contributed by atoms with van der Waals surface area (Å²) in [6, 6.07) is 7.69. The molecule has 0 heterocycles. The predicted octanol–water partition coefficient (Wildman–Crippen LogP) is 1.88. The summed E-state index contributed by atoms with van der Waals surface area (Å²) < 4.78 is 6.28. The molecule has 1 aliphatic rings. The van der Waals surface area contributed by atoms with Gasteiger partial charge in [-0.25, -0.2) is 0 Å². The Hall–Kier alpha value is -1.60. The Bertz CT molecular complexity index is 561. The van der Waals surface area contributed by atoms with Gasteiger partial charge in [0.15, 0.2) is 6.61 Å². The fraction of sp³-hybridized carbons (Fsp3) is 0.500. The Kier molecular flexibility index (Phi) is 6.41. The average Bonchev–Trinajstić information content (AvgIpc) is 2.47. The molecule has 0 aromatic heterocycles. The summed E-state index contributed by atoms with van der Waals surface area (Å²) in [6.45, 7) is 2.66. The summed E-state index contributed by atoms with van der Waals surface area (Å²) in [4.78, 5) is 24.6. The largest absolute Gasteiger partial charge is 0.483 e. The molecule has 1 aromatic carbocycles. The molecule has 1 amide bonds. The highest BCUT2D eigenvalue weighted by Gasteiger charge is 2.34. The van der Waals surface area contributed by atoms with Gasteiger partial charge in [0, 0.05) is 12.1 Å². The highest BCUT2D eigenvalue weighted by atomic mass is 79.9. The molecule has 7 heteroatoms. The molecule has 0 atom stereocenters. The molecule has 1 saturated carbocycles. The highest BCUT2D eigenvalue weighted by molar-refractivity contribution is 9.10. The molecule has 0 saturated heterocycles. The molecule has 1 aromatic rings. The molecular formula is C16H21BrN2O4. The van der Waals surface area contributed by atoms with Crippen LogP contribution in [0.2, 0.25) is 0 Å². The van der Waals surface area contributed by atoms with Crippen LogP contribution in [0.5, 0.6) is 5.75 Å². The van der Waals surface area contributed by atoms with Gasteiger partial charge in [-0.2, -0.15) is 0 Å². The van der Waals surface area contributed by atoms with E-state index in [2.05, 4.69) is 21.2 Å². The number of hydrogen-bond donors (Lipinski definition) is 2. The number of aliphatic carboxylic acids is 1. The number of amides is 1. The molecule has 1 aliphatic carbocycles. The van der Waals surface area contributed by atoms with E-state index in [4.69, 9.17) is 9.84 Å². The van der Waals surface area contributed by atoms with Crippen LogP contribution in [0.25, 0.3) is 0 Å². The first kappa shape index (κ1) is 17.7. The third kappa shape index (κ3) is 5.21. The van der Waals surface area contributed by atoms with Crippen LogP contribution in [0.4, 0.5) is 0 Å². The normalized spacial score (nSPS) is 20.0. The lowest BCUT2D eigenvalue weighted by Crippen LogP contribution is -2.55. The molecule has 0 aliphatic heterocycles. The molecule has 23 heavy (non-hydrogen) atoms. The third-order valence-electron chi connectivity index (χ3n) is 3.93. The van der Waals surface area contributed by atoms with Crippen LogP contribution in [-0.2, 0) is 9.59 Å². The number of likely N-dealkylation sites (N-methyl/N-ethyl adjacent to an activating group) is 1. The number of para-hydroxylation sites is 1. The number of nitrogens with zero attached hydrogens (tertiary/aromatic N) is 1. The van der Waals surface area contributed by atoms with Gasteiger partial charge in [0.05, 0.1) is 11.0 Å². The van der Waals surface area contributed by atoms with Crippen LogP contribution >= 0.6 is 15.9 Å². The number of benzene rings is 1. The topological polar surface area (TPSA) is 78.9 Å². The van der Waals surface area contributed by atoms with Gasteiger partial charge >= 0.3 is 5.97 Å². The predicted molar refractivity (Wildman–Crippen MR) is 89.5 cm³/mol. The molecule has 0 radical (unpaired) electrons. The number of rotatable bonds is 8. The zero-order chi connectivity index (χ0) is 16.8. The molecule has 6 nitrogen and oxygen atoms in total. The van der Waals surface area contributed by atoms with Crippen LogP contribution in [0.3, 0.4) is 0 Å². The molecular weight excluding hydrogens is 364 g/mol. The van der Waals surface area contributed by atoms with Crippen molar-refractivity contribution in [3.8, 4) is 5.75 Å². The number of hydrogen-bond acceptors (Lipinski definition) is 4. The van der Waals surface area contributed by atoms with Crippen molar-refractivity contribution in [1.29, 1.82) is 0 Å². The van der Waals surface area contributed by atoms with Crippen molar-refractivity contribution >= 4 is 27.8 Å². The smallest absolute Gasteiger partial charge is 0.317 e. The summed E-state index contributed by atoms with van der Waals surface area (Å²) in [7, 11) is 0. The van der Waals surface area contributed by atoms with Gasteiger partial charge in [-0.3, -0.25) is 14.5 Å². The first-order valence-corrected chi connectivity index (χ1v) is 8.41. The van der Waals surface area contributed by atoms with Crippen molar-refractivity contribution in [2.45, 2.75) is 31.8 Å². The van der Waals surface area contributed by atoms with Crippen molar-refractivity contribution in [1.82, 2.24) is 10.2 Å². The standard InChI is InChI=1S/C16H21BrN2O4/c1-2-19(9-16(21)22)12-7-11(8-12)18-15(20)10-23-14-6-4-3-5-13(14)17/h3-6,11-12H,2,7-10H2,1H3,(H,18,20)(H,21,22). The number of carboxylic acid groups (broad SMARTS) is 1. The van der Waals surface area contributed by atoms with E-state index in [1.165, 1.54) is 0 Å². The van der Waals surface area contributed by atoms with Gasteiger partial charge in [0.2, 0.25) is 0 Å². The van der Waals surface area contributed by atoms with Crippen LogP contribution < -0.4 is 10.1 Å². The fourth-order valence-electron chi connectivity index (χ4n) is 2.65. The number of carbonyl (C=O) groups is 2. The van der Waals surface area contributed by atoms with Crippen LogP contribution in [0, 0.1) is 0 Å². The molecule has 2 rings (SSSR count). The van der Waals surface area contributed by atoms with Gasteiger partial charge < -0.3 is 15.2 Å². The third-order valence-corrected chi connectivity index (χ3v) is 4.59. The lowest BCUT2D eigenvalue weighted by molar-refractivity contribution is -0.139. The summed E-state index contributed by atoms with van der Waals surface area (Å²) >= 11 is 3.36. The monoisotopic (exact) mass is 384 g/mol. The Labute approximate surface area is 143 Å². The maximum atomic E-state index is 11.9. The van der Waals surface area contributed by atoms with Crippen molar-refractivity contribution in [2.24, 2.45) is 0 Å². The summed E-state index contributed by atoms with van der Waals surface area (Å²) in [5.74, 6) is -0.348. The maximum absolute atomic E-state index is 11.9. The van der Waals surface area contributed by atoms with E-state index in [0.717, 1.165) is 17.3 Å². The molecule has 0 spiro atoms. The molecule has 0 bridgehead atoms. The summed E-state index contributed by atoms with van der Waals surface area (Å²) in [5, 5.41) is 11.8. The zero-order valence-corrected chi connectivity index (χ0v) is 14.6. The Balaban J connectivity index is 1.70. The fourth-order valence-corrected chi connectivity index (χ4v) is 3.05. The lowest BCUT2D eigenvalue weighted by Gasteiger charge is -2.42. The van der Waals surface area contributed by atoms with E-state index in [1.807, 2.05) is 30.0 Å².